The fraction of sp³-hybridized carbons (Fsp3) is 0.943. The predicted molar refractivity (Wildman–Crippen MR) is 358 cm³/mol. The van der Waals surface area contributed by atoms with Gasteiger partial charge in [0, 0.05) is 25.7 Å². The second-order valence-corrected chi connectivity index (χ2v) is 29.6. The maximum absolute atomic E-state index is 13.0. The van der Waals surface area contributed by atoms with E-state index in [2.05, 4.69) is 55.4 Å². The first-order valence-corrected chi connectivity index (χ1v) is 39.3. The molecule has 19 heteroatoms. The van der Waals surface area contributed by atoms with Crippen LogP contribution in [0.15, 0.2) is 0 Å². The highest BCUT2D eigenvalue weighted by molar-refractivity contribution is 7.47. The smallest absolute Gasteiger partial charge is 0.462 e. The van der Waals surface area contributed by atoms with Gasteiger partial charge in [-0.15, -0.1) is 0 Å². The van der Waals surface area contributed by atoms with Gasteiger partial charge in [-0.05, 0) is 49.4 Å². The topological polar surface area (TPSA) is 237 Å². The Labute approximate surface area is 543 Å². The van der Waals surface area contributed by atoms with Gasteiger partial charge in [-0.1, -0.05) is 293 Å². The van der Waals surface area contributed by atoms with Gasteiger partial charge in [-0.3, -0.25) is 37.3 Å². The van der Waals surface area contributed by atoms with Crippen LogP contribution in [-0.2, 0) is 65.4 Å². The Kier molecular flexibility index (Phi) is 58.5. The number of carbonyl (C=O) groups excluding carboxylic acids is 4. The Morgan fingerprint density at radius 1 is 0.315 bits per heavy atom. The maximum Gasteiger partial charge on any atom is 0.472 e. The average Bonchev–Trinajstić information content (AvgIpc) is 3.71. The summed E-state index contributed by atoms with van der Waals surface area (Å²) in [5.74, 6) is 0.860. The lowest BCUT2D eigenvalue weighted by Crippen LogP contribution is -2.30. The molecule has 0 amide bonds. The molecule has 0 saturated carbocycles. The van der Waals surface area contributed by atoms with E-state index >= 15 is 0 Å². The van der Waals surface area contributed by atoms with Gasteiger partial charge in [-0.25, -0.2) is 9.13 Å². The minimum absolute atomic E-state index is 0.101. The molecule has 4 unspecified atom stereocenters. The minimum Gasteiger partial charge on any atom is -0.462 e. The Bertz CT molecular complexity index is 1770. The van der Waals surface area contributed by atoms with Crippen molar-refractivity contribution >= 4 is 39.5 Å². The van der Waals surface area contributed by atoms with Crippen LogP contribution in [0.4, 0.5) is 0 Å². The summed E-state index contributed by atoms with van der Waals surface area (Å²) >= 11 is 0. The number of esters is 4. The first-order chi connectivity index (χ1) is 42.7. The summed E-state index contributed by atoms with van der Waals surface area (Å²) in [4.78, 5) is 72.5. The third-order valence-electron chi connectivity index (χ3n) is 16.8. The van der Waals surface area contributed by atoms with Crippen LogP contribution in [0.5, 0.6) is 0 Å². The first-order valence-electron chi connectivity index (χ1n) is 36.3. The van der Waals surface area contributed by atoms with E-state index in [1.165, 1.54) is 141 Å². The molecular formula is C70H136O17P2. The molecule has 0 aromatic carbocycles. The molecule has 7 atom stereocenters. The molecule has 0 aliphatic rings. The molecule has 528 valence electrons. The highest BCUT2D eigenvalue weighted by atomic mass is 31.2. The number of ether oxygens (including phenoxy) is 4. The third kappa shape index (κ3) is 62.0. The summed E-state index contributed by atoms with van der Waals surface area (Å²) in [6, 6.07) is 0. The zero-order valence-electron chi connectivity index (χ0n) is 58.1. The van der Waals surface area contributed by atoms with Gasteiger partial charge < -0.3 is 33.8 Å². The molecule has 0 aliphatic heterocycles. The van der Waals surface area contributed by atoms with Crippen LogP contribution in [0.1, 0.15) is 344 Å². The van der Waals surface area contributed by atoms with E-state index in [1.54, 1.807) is 0 Å². The molecule has 0 saturated heterocycles. The van der Waals surface area contributed by atoms with Gasteiger partial charge >= 0.3 is 39.5 Å². The number of hydrogen-bond donors (Lipinski definition) is 3. The van der Waals surface area contributed by atoms with Crippen LogP contribution < -0.4 is 0 Å². The van der Waals surface area contributed by atoms with E-state index in [0.29, 0.717) is 31.6 Å². The van der Waals surface area contributed by atoms with Gasteiger partial charge in [0.1, 0.15) is 19.3 Å². The first kappa shape index (κ1) is 87.1. The third-order valence-corrected chi connectivity index (χ3v) is 18.7. The molecule has 89 heavy (non-hydrogen) atoms. The molecule has 0 aromatic rings. The van der Waals surface area contributed by atoms with E-state index in [4.69, 9.17) is 37.0 Å². The van der Waals surface area contributed by atoms with Gasteiger partial charge in [0.15, 0.2) is 12.2 Å². The van der Waals surface area contributed by atoms with Crippen LogP contribution in [-0.4, -0.2) is 96.7 Å². The molecule has 0 heterocycles. The van der Waals surface area contributed by atoms with E-state index in [9.17, 15) is 43.2 Å². The van der Waals surface area contributed by atoms with Gasteiger partial charge in [0.2, 0.25) is 0 Å². The Morgan fingerprint density at radius 3 is 0.798 bits per heavy atom. The molecule has 17 nitrogen and oxygen atoms in total. The van der Waals surface area contributed by atoms with Crippen LogP contribution >= 0.6 is 15.6 Å². The van der Waals surface area contributed by atoms with Gasteiger partial charge in [-0.2, -0.15) is 0 Å². The molecule has 0 bridgehead atoms. The fourth-order valence-electron chi connectivity index (χ4n) is 10.4. The quantitative estimate of drug-likeness (QED) is 0.0222. The van der Waals surface area contributed by atoms with Gasteiger partial charge in [0.25, 0.3) is 0 Å². The molecule has 3 N–H and O–H groups in total. The second-order valence-electron chi connectivity index (χ2n) is 26.7. The zero-order valence-corrected chi connectivity index (χ0v) is 59.8. The van der Waals surface area contributed by atoms with E-state index < -0.39 is 97.5 Å². The Morgan fingerprint density at radius 2 is 0.539 bits per heavy atom. The van der Waals surface area contributed by atoms with Crippen molar-refractivity contribution in [2.24, 2.45) is 23.7 Å². The Hall–Kier alpha value is -1.94. The summed E-state index contributed by atoms with van der Waals surface area (Å²) in [6.07, 6.45) is 41.8. The fourth-order valence-corrected chi connectivity index (χ4v) is 12.0. The van der Waals surface area contributed by atoms with E-state index in [0.717, 1.165) is 114 Å². The van der Waals surface area contributed by atoms with Crippen LogP contribution in [0.25, 0.3) is 0 Å². The summed E-state index contributed by atoms with van der Waals surface area (Å²) in [5, 5.41) is 10.6. The summed E-state index contributed by atoms with van der Waals surface area (Å²) in [7, 11) is -9.90. The molecular weight excluding hydrogens is 1170 g/mol. The monoisotopic (exact) mass is 1310 g/mol. The highest BCUT2D eigenvalue weighted by Gasteiger charge is 2.30. The van der Waals surface area contributed by atoms with Crippen LogP contribution in [0, 0.1) is 23.7 Å². The van der Waals surface area contributed by atoms with Crippen molar-refractivity contribution in [2.45, 2.75) is 363 Å². The predicted octanol–water partition coefficient (Wildman–Crippen LogP) is 19.7. The van der Waals surface area contributed by atoms with Crippen molar-refractivity contribution in [1.29, 1.82) is 0 Å². The van der Waals surface area contributed by atoms with E-state index in [-0.39, 0.29) is 25.7 Å². The number of aliphatic hydroxyl groups excluding tert-OH is 1. The average molecular weight is 1310 g/mol. The van der Waals surface area contributed by atoms with Crippen molar-refractivity contribution in [3.05, 3.63) is 0 Å². The summed E-state index contributed by atoms with van der Waals surface area (Å²) < 4.78 is 68.2. The number of rotatable bonds is 67. The van der Waals surface area contributed by atoms with Crippen molar-refractivity contribution in [2.75, 3.05) is 39.6 Å². The van der Waals surface area contributed by atoms with Crippen LogP contribution in [0.3, 0.4) is 0 Å². The summed E-state index contributed by atoms with van der Waals surface area (Å²) in [5.41, 5.74) is 0. The van der Waals surface area contributed by atoms with E-state index in [1.807, 2.05) is 0 Å². The molecule has 0 spiro atoms. The van der Waals surface area contributed by atoms with Crippen molar-refractivity contribution in [3.63, 3.8) is 0 Å². The highest BCUT2D eigenvalue weighted by Crippen LogP contribution is 2.45. The second kappa shape index (κ2) is 59.8. The molecule has 0 aliphatic carbocycles. The lowest BCUT2D eigenvalue weighted by atomic mass is 9.99. The maximum atomic E-state index is 13.0. The van der Waals surface area contributed by atoms with Crippen molar-refractivity contribution in [3.8, 4) is 0 Å². The number of phosphoric acid groups is 2. The molecule has 0 radical (unpaired) electrons. The number of phosphoric ester groups is 2. The van der Waals surface area contributed by atoms with Crippen molar-refractivity contribution < 1.29 is 80.2 Å². The van der Waals surface area contributed by atoms with Crippen LogP contribution in [0.2, 0.25) is 0 Å². The summed E-state index contributed by atoms with van der Waals surface area (Å²) in [6.45, 7) is 14.1. The lowest BCUT2D eigenvalue weighted by Gasteiger charge is -2.21. The number of hydrogen-bond acceptors (Lipinski definition) is 15. The van der Waals surface area contributed by atoms with Crippen molar-refractivity contribution in [1.82, 2.24) is 0 Å². The number of aliphatic hydroxyl groups is 1. The normalized spacial score (nSPS) is 14.9. The van der Waals surface area contributed by atoms with Gasteiger partial charge in [0.05, 0.1) is 26.4 Å². The molecule has 0 rings (SSSR count). The SMILES string of the molecule is CCC(C)CCCCCCCCCCCCC(=O)O[C@H](COC(=O)CCCCCCCCCCCCCCCC(C)C)COP(=O)(O)OC[C@@H](O)COP(=O)(O)OC[C@@H](COC(=O)CCCCCCCCC(C)C)OC(=O)CCCCCCCCC(C)CC. The number of carbonyl (C=O) groups is 4. The largest absolute Gasteiger partial charge is 0.472 e. The zero-order chi connectivity index (χ0) is 66.1. The Balaban J connectivity index is 5.24. The lowest BCUT2D eigenvalue weighted by molar-refractivity contribution is -0.161. The minimum atomic E-state index is -4.95. The molecule has 0 aromatic heterocycles. The standard InChI is InChI=1S/C70H136O17P2/c1-9-62(7)48-40-32-23-19-16-17-21-25-36-44-52-69(74)86-65(56-80-67(72)50-42-34-24-20-15-13-11-12-14-18-22-30-38-46-60(3)4)58-84-88(76,77)82-54-64(71)55-83-89(78,79)85-59-66(57-81-68(73)51-43-35-28-26-31-39-47-61(5)6)87-70(75)53-45-37-29-27-33-41-49-63(8)10-2/h60-66,71H,9-59H2,1-8H3,(H,76,77)(H,78,79)/t62?,63?,64-,65-,66-/m1/s1. The molecule has 0 fully saturated rings. The number of unbranched alkanes of at least 4 members (excludes halogenated alkanes) is 31.